The predicted octanol–water partition coefficient (Wildman–Crippen LogP) is 8.73. The Morgan fingerprint density at radius 3 is 2.00 bits per heavy atom. The first-order valence-corrected chi connectivity index (χ1v) is 9.65. The summed E-state index contributed by atoms with van der Waals surface area (Å²) in [6.45, 7) is 19.3. The smallest absolute Gasteiger partial charge is 0.00803 e. The molecule has 0 aromatic carbocycles. The first-order valence-electron chi connectivity index (χ1n) is 9.65. The zero-order valence-corrected chi connectivity index (χ0v) is 16.7. The van der Waals surface area contributed by atoms with E-state index in [1.54, 1.807) is 5.57 Å². The van der Waals surface area contributed by atoms with Crippen LogP contribution in [0.15, 0.2) is 58.2 Å². The van der Waals surface area contributed by atoms with Crippen LogP contribution < -0.4 is 0 Å². The van der Waals surface area contributed by atoms with Crippen LogP contribution in [0.4, 0.5) is 0 Å². The molecule has 0 nitrogen and oxygen atoms in total. The highest BCUT2D eigenvalue weighted by atomic mass is 14.3. The molecule has 0 N–H and O–H groups in total. The van der Waals surface area contributed by atoms with E-state index >= 15 is 0 Å². The molecular weight excluding hydrogens is 288 g/mol. The van der Waals surface area contributed by atoms with E-state index in [2.05, 4.69) is 59.4 Å². The molecular formula is C24H42. The first-order chi connectivity index (χ1) is 11.2. The predicted molar refractivity (Wildman–Crippen MR) is 115 cm³/mol. The normalized spacial score (nSPS) is 16.1. The lowest BCUT2D eigenvalue weighted by Crippen LogP contribution is -1.95. The van der Waals surface area contributed by atoms with Gasteiger partial charge in [0, 0.05) is 0 Å². The van der Waals surface area contributed by atoms with Crippen LogP contribution in [0.25, 0.3) is 0 Å². The van der Waals surface area contributed by atoms with Crippen molar-refractivity contribution in [2.45, 2.75) is 94.4 Å². The second kappa shape index (κ2) is 14.1. The van der Waals surface area contributed by atoms with Gasteiger partial charge in [-0.05, 0) is 66.0 Å². The SMILES string of the molecule is C.C=CC1=C(/C(=C\CC)CCC)/C(=C\C)C(CC)=C1CCC.CC. The highest BCUT2D eigenvalue weighted by molar-refractivity contribution is 5.72. The molecule has 0 atom stereocenters. The second-order valence-corrected chi connectivity index (χ2v) is 5.64. The Kier molecular flexibility index (Phi) is 14.6. The molecule has 0 radical (unpaired) electrons. The fourth-order valence-corrected chi connectivity index (χ4v) is 3.45. The van der Waals surface area contributed by atoms with E-state index in [0.717, 1.165) is 25.7 Å². The Labute approximate surface area is 153 Å². The van der Waals surface area contributed by atoms with Gasteiger partial charge in [-0.1, -0.05) is 86.6 Å². The monoisotopic (exact) mass is 330 g/mol. The van der Waals surface area contributed by atoms with Crippen LogP contribution in [0, 0.1) is 0 Å². The Balaban J connectivity index is 0. The minimum absolute atomic E-state index is 0. The van der Waals surface area contributed by atoms with Gasteiger partial charge in [0.1, 0.15) is 0 Å². The van der Waals surface area contributed by atoms with Crippen LogP contribution in [-0.2, 0) is 0 Å². The van der Waals surface area contributed by atoms with Gasteiger partial charge >= 0.3 is 0 Å². The molecule has 0 aliphatic heterocycles. The summed E-state index contributed by atoms with van der Waals surface area (Å²) in [5.74, 6) is 0. The van der Waals surface area contributed by atoms with Crippen molar-refractivity contribution in [2.24, 2.45) is 0 Å². The van der Waals surface area contributed by atoms with Crippen molar-refractivity contribution in [3.8, 4) is 0 Å². The van der Waals surface area contributed by atoms with E-state index in [0.29, 0.717) is 0 Å². The number of allylic oxidation sites excluding steroid dienone is 9. The van der Waals surface area contributed by atoms with Gasteiger partial charge in [-0.2, -0.15) is 0 Å². The minimum Gasteiger partial charge on any atom is -0.0984 e. The van der Waals surface area contributed by atoms with Crippen LogP contribution >= 0.6 is 0 Å². The molecule has 0 unspecified atom stereocenters. The molecule has 1 aliphatic rings. The van der Waals surface area contributed by atoms with Gasteiger partial charge in [0.05, 0.1) is 0 Å². The topological polar surface area (TPSA) is 0 Å². The molecule has 1 aliphatic carbocycles. The molecule has 0 aromatic rings. The number of rotatable bonds is 8. The molecule has 0 bridgehead atoms. The van der Waals surface area contributed by atoms with Crippen LogP contribution in [0.1, 0.15) is 94.4 Å². The maximum atomic E-state index is 4.12. The average molecular weight is 331 g/mol. The van der Waals surface area contributed by atoms with Crippen molar-refractivity contribution in [1.82, 2.24) is 0 Å². The molecule has 0 spiro atoms. The summed E-state index contributed by atoms with van der Waals surface area (Å²) in [5, 5.41) is 0. The van der Waals surface area contributed by atoms with Gasteiger partial charge in [-0.15, -0.1) is 0 Å². The second-order valence-electron chi connectivity index (χ2n) is 5.64. The number of hydrogen-bond donors (Lipinski definition) is 0. The van der Waals surface area contributed by atoms with E-state index in [1.807, 2.05) is 13.8 Å². The third-order valence-electron chi connectivity index (χ3n) is 4.19. The summed E-state index contributed by atoms with van der Waals surface area (Å²) in [7, 11) is 0. The lowest BCUT2D eigenvalue weighted by Gasteiger charge is -2.14. The van der Waals surface area contributed by atoms with Crippen molar-refractivity contribution < 1.29 is 0 Å². The zero-order chi connectivity index (χ0) is 17.8. The van der Waals surface area contributed by atoms with Crippen LogP contribution in [0.3, 0.4) is 0 Å². The van der Waals surface area contributed by atoms with Crippen molar-refractivity contribution >= 4 is 0 Å². The van der Waals surface area contributed by atoms with Gasteiger partial charge in [0.15, 0.2) is 0 Å². The molecule has 0 fully saturated rings. The molecule has 138 valence electrons. The highest BCUT2D eigenvalue weighted by Crippen LogP contribution is 2.45. The van der Waals surface area contributed by atoms with Crippen molar-refractivity contribution in [3.63, 3.8) is 0 Å². The third kappa shape index (κ3) is 5.65. The fraction of sp³-hybridized carbons (Fsp3) is 0.583. The Hall–Kier alpha value is -1.30. The van der Waals surface area contributed by atoms with E-state index in [9.17, 15) is 0 Å². The van der Waals surface area contributed by atoms with E-state index in [1.165, 1.54) is 40.7 Å². The van der Waals surface area contributed by atoms with Gasteiger partial charge in [0.25, 0.3) is 0 Å². The van der Waals surface area contributed by atoms with Crippen molar-refractivity contribution in [1.29, 1.82) is 0 Å². The summed E-state index contributed by atoms with van der Waals surface area (Å²) < 4.78 is 0. The molecule has 0 aromatic heterocycles. The summed E-state index contributed by atoms with van der Waals surface area (Å²) in [5.41, 5.74) is 8.93. The van der Waals surface area contributed by atoms with Gasteiger partial charge in [0.2, 0.25) is 0 Å². The number of hydrogen-bond acceptors (Lipinski definition) is 0. The van der Waals surface area contributed by atoms with E-state index in [4.69, 9.17) is 0 Å². The third-order valence-corrected chi connectivity index (χ3v) is 4.19. The molecule has 0 heterocycles. The average Bonchev–Trinajstić information content (AvgIpc) is 2.89. The first kappa shape index (κ1) is 24.9. The maximum absolute atomic E-state index is 4.12. The standard InChI is InChI=1S/C21H32.C2H6.CH4/c1-7-13-16(14-8-2)21-18(11-5)17(10-4)20(15-9-3)19(21)12-6;1-2;/h11-13H,6-10,14-15H2,1-5H3;1-2H3;1H4/b16-13-,18-11-;;. The summed E-state index contributed by atoms with van der Waals surface area (Å²) in [4.78, 5) is 0. The molecule has 0 saturated carbocycles. The fourth-order valence-electron chi connectivity index (χ4n) is 3.45. The molecule has 0 amide bonds. The van der Waals surface area contributed by atoms with Crippen molar-refractivity contribution in [3.05, 3.63) is 58.2 Å². The lowest BCUT2D eigenvalue weighted by atomic mass is 9.90. The molecule has 0 heteroatoms. The minimum atomic E-state index is 0. The quantitative estimate of drug-likeness (QED) is 0.417. The molecule has 0 saturated heterocycles. The highest BCUT2D eigenvalue weighted by Gasteiger charge is 2.26. The van der Waals surface area contributed by atoms with E-state index < -0.39 is 0 Å². The van der Waals surface area contributed by atoms with Crippen LogP contribution in [-0.4, -0.2) is 0 Å². The summed E-state index contributed by atoms with van der Waals surface area (Å²) in [6.07, 6.45) is 13.7. The lowest BCUT2D eigenvalue weighted by molar-refractivity contribution is 0.899. The zero-order valence-electron chi connectivity index (χ0n) is 16.7. The largest absolute Gasteiger partial charge is 0.0984 e. The summed E-state index contributed by atoms with van der Waals surface area (Å²) >= 11 is 0. The molecule has 24 heavy (non-hydrogen) atoms. The summed E-state index contributed by atoms with van der Waals surface area (Å²) in [6, 6.07) is 0. The molecule has 1 rings (SSSR count). The Morgan fingerprint density at radius 2 is 1.62 bits per heavy atom. The maximum Gasteiger partial charge on any atom is -0.00803 e. The van der Waals surface area contributed by atoms with Crippen molar-refractivity contribution in [2.75, 3.05) is 0 Å². The van der Waals surface area contributed by atoms with Gasteiger partial charge < -0.3 is 0 Å². The van der Waals surface area contributed by atoms with Gasteiger partial charge in [-0.25, -0.2) is 0 Å². The van der Waals surface area contributed by atoms with Gasteiger partial charge in [-0.3, -0.25) is 0 Å². The van der Waals surface area contributed by atoms with Crippen LogP contribution in [0.2, 0.25) is 0 Å². The Bertz CT molecular complexity index is 492. The Morgan fingerprint density at radius 1 is 1.00 bits per heavy atom. The van der Waals surface area contributed by atoms with E-state index in [-0.39, 0.29) is 7.43 Å². The van der Waals surface area contributed by atoms with Crippen LogP contribution in [0.5, 0.6) is 0 Å².